The minimum Gasteiger partial charge on any atom is -0.252 e. The summed E-state index contributed by atoms with van der Waals surface area (Å²) < 4.78 is 1.93. The lowest BCUT2D eigenvalue weighted by atomic mass is 9.78. The van der Waals surface area contributed by atoms with E-state index in [1.165, 1.54) is 24.8 Å². The molecule has 1 aromatic heterocycles. The summed E-state index contributed by atoms with van der Waals surface area (Å²) in [5.74, 6) is 0. The summed E-state index contributed by atoms with van der Waals surface area (Å²) in [6.07, 6.45) is 7.03. The van der Waals surface area contributed by atoms with E-state index in [9.17, 15) is 0 Å². The first-order valence-corrected chi connectivity index (χ1v) is 6.62. The zero-order valence-electron chi connectivity index (χ0n) is 11.2. The molecule has 1 unspecified atom stereocenters. The smallest absolute Gasteiger partial charge is 0.137 e. The highest BCUT2D eigenvalue weighted by atomic mass is 15.3. The van der Waals surface area contributed by atoms with E-state index in [1.54, 1.807) is 12.7 Å². The van der Waals surface area contributed by atoms with Gasteiger partial charge in [0.1, 0.15) is 12.7 Å². The van der Waals surface area contributed by atoms with Gasteiger partial charge in [-0.05, 0) is 12.0 Å². The fourth-order valence-corrected chi connectivity index (χ4v) is 2.39. The summed E-state index contributed by atoms with van der Waals surface area (Å²) in [7, 11) is 0. The van der Waals surface area contributed by atoms with Crippen molar-refractivity contribution >= 4 is 0 Å². The van der Waals surface area contributed by atoms with Crippen molar-refractivity contribution in [3.05, 3.63) is 48.5 Å². The first kappa shape index (κ1) is 12.8. The maximum atomic E-state index is 4.24. The van der Waals surface area contributed by atoms with Gasteiger partial charge in [0.2, 0.25) is 0 Å². The molecule has 0 N–H and O–H groups in total. The zero-order chi connectivity index (χ0) is 12.8. The summed E-state index contributed by atoms with van der Waals surface area (Å²) in [5.41, 5.74) is 1.51. The Morgan fingerprint density at radius 2 is 2.00 bits per heavy atom. The molecule has 0 spiro atoms. The van der Waals surface area contributed by atoms with Gasteiger partial charge >= 0.3 is 0 Å². The molecular formula is C15H21N3. The molecule has 0 bridgehead atoms. The maximum Gasteiger partial charge on any atom is 0.137 e. The topological polar surface area (TPSA) is 30.7 Å². The van der Waals surface area contributed by atoms with Crippen LogP contribution in [-0.4, -0.2) is 14.8 Å². The molecule has 0 aliphatic carbocycles. The van der Waals surface area contributed by atoms with Gasteiger partial charge in [-0.3, -0.25) is 4.68 Å². The van der Waals surface area contributed by atoms with Crippen molar-refractivity contribution < 1.29 is 0 Å². The molecule has 3 nitrogen and oxygen atoms in total. The van der Waals surface area contributed by atoms with Crippen LogP contribution in [0.25, 0.3) is 0 Å². The molecule has 2 rings (SSSR count). The van der Waals surface area contributed by atoms with Crippen molar-refractivity contribution in [3.63, 3.8) is 0 Å². The first-order valence-electron chi connectivity index (χ1n) is 6.62. The monoisotopic (exact) mass is 243 g/mol. The molecule has 96 valence electrons. The molecule has 0 saturated carbocycles. The number of aromatic nitrogens is 3. The van der Waals surface area contributed by atoms with Crippen molar-refractivity contribution in [1.82, 2.24) is 14.8 Å². The number of hydrogen-bond donors (Lipinski definition) is 0. The minimum absolute atomic E-state index is 0.130. The van der Waals surface area contributed by atoms with Gasteiger partial charge in [0.15, 0.2) is 0 Å². The van der Waals surface area contributed by atoms with Crippen molar-refractivity contribution in [2.24, 2.45) is 0 Å². The number of nitrogens with zero attached hydrogens (tertiary/aromatic N) is 3. The Balaban J connectivity index is 2.22. The van der Waals surface area contributed by atoms with E-state index >= 15 is 0 Å². The Labute approximate surface area is 109 Å². The van der Waals surface area contributed by atoms with Crippen LogP contribution >= 0.6 is 0 Å². The molecule has 0 aliphatic heterocycles. The quantitative estimate of drug-likeness (QED) is 0.778. The number of unbranched alkanes of at least 4 members (excludes halogenated alkanes) is 1. The van der Waals surface area contributed by atoms with Crippen molar-refractivity contribution in [1.29, 1.82) is 0 Å². The molecule has 1 heterocycles. The van der Waals surface area contributed by atoms with E-state index in [4.69, 9.17) is 0 Å². The molecule has 18 heavy (non-hydrogen) atoms. The van der Waals surface area contributed by atoms with E-state index in [0.717, 1.165) is 6.54 Å². The zero-order valence-corrected chi connectivity index (χ0v) is 11.2. The van der Waals surface area contributed by atoms with E-state index in [-0.39, 0.29) is 5.41 Å². The van der Waals surface area contributed by atoms with Crippen LogP contribution in [0, 0.1) is 0 Å². The van der Waals surface area contributed by atoms with Crippen molar-refractivity contribution in [2.75, 3.05) is 0 Å². The van der Waals surface area contributed by atoms with Crippen LogP contribution in [0.2, 0.25) is 0 Å². The summed E-state index contributed by atoms with van der Waals surface area (Å²) in [4.78, 5) is 4.03. The van der Waals surface area contributed by atoms with Crippen molar-refractivity contribution in [2.45, 2.75) is 45.1 Å². The van der Waals surface area contributed by atoms with Crippen LogP contribution in [0.15, 0.2) is 43.0 Å². The van der Waals surface area contributed by atoms with Crippen LogP contribution < -0.4 is 0 Å². The van der Waals surface area contributed by atoms with Gasteiger partial charge in [-0.2, -0.15) is 5.10 Å². The normalized spacial score (nSPS) is 14.3. The van der Waals surface area contributed by atoms with E-state index in [0.29, 0.717) is 0 Å². The third-order valence-electron chi connectivity index (χ3n) is 3.53. The Morgan fingerprint density at radius 3 is 2.61 bits per heavy atom. The summed E-state index contributed by atoms with van der Waals surface area (Å²) >= 11 is 0. The molecule has 0 amide bonds. The highest BCUT2D eigenvalue weighted by Crippen LogP contribution is 2.31. The average molecular weight is 243 g/mol. The van der Waals surface area contributed by atoms with E-state index < -0.39 is 0 Å². The van der Waals surface area contributed by atoms with Crippen LogP contribution in [-0.2, 0) is 12.0 Å². The molecule has 1 atom stereocenters. The van der Waals surface area contributed by atoms with Crippen molar-refractivity contribution in [3.8, 4) is 0 Å². The fourth-order valence-electron chi connectivity index (χ4n) is 2.39. The lowest BCUT2D eigenvalue weighted by Gasteiger charge is -2.30. The average Bonchev–Trinajstić information content (AvgIpc) is 2.90. The third-order valence-corrected chi connectivity index (χ3v) is 3.53. The van der Waals surface area contributed by atoms with E-state index in [1.807, 2.05) is 4.68 Å². The summed E-state index contributed by atoms with van der Waals surface area (Å²) in [5, 5.41) is 4.24. The maximum absolute atomic E-state index is 4.24. The molecular weight excluding hydrogens is 222 g/mol. The molecule has 3 heteroatoms. The SMILES string of the molecule is CCCCC(C)(Cn1cncn1)c1ccccc1. The number of benzene rings is 1. The third kappa shape index (κ3) is 2.97. The molecule has 2 aromatic rings. The van der Waals surface area contributed by atoms with Gasteiger partial charge < -0.3 is 0 Å². The second kappa shape index (κ2) is 5.80. The first-order chi connectivity index (χ1) is 8.74. The summed E-state index contributed by atoms with van der Waals surface area (Å²) in [6.45, 7) is 5.44. The fraction of sp³-hybridized carbons (Fsp3) is 0.467. The number of rotatable bonds is 6. The molecule has 1 aromatic carbocycles. The lowest BCUT2D eigenvalue weighted by molar-refractivity contribution is 0.340. The molecule has 0 saturated heterocycles. The second-order valence-corrected chi connectivity index (χ2v) is 5.12. The van der Waals surface area contributed by atoms with Crippen LogP contribution in [0.3, 0.4) is 0 Å². The Bertz CT molecular complexity index is 450. The Kier molecular flexibility index (Phi) is 4.13. The predicted molar refractivity (Wildman–Crippen MR) is 73.3 cm³/mol. The van der Waals surface area contributed by atoms with Gasteiger partial charge in [0.25, 0.3) is 0 Å². The van der Waals surface area contributed by atoms with Gasteiger partial charge in [-0.1, -0.05) is 57.0 Å². The Morgan fingerprint density at radius 1 is 1.22 bits per heavy atom. The standard InChI is InChI=1S/C15H21N3/c1-3-4-10-15(2,11-18-13-16-12-17-18)14-8-6-5-7-9-14/h5-9,12-13H,3-4,10-11H2,1-2H3. The Hall–Kier alpha value is -1.64. The van der Waals surface area contributed by atoms with Gasteiger partial charge in [-0.25, -0.2) is 4.98 Å². The van der Waals surface area contributed by atoms with Crippen LogP contribution in [0.5, 0.6) is 0 Å². The molecule has 0 aliphatic rings. The van der Waals surface area contributed by atoms with Gasteiger partial charge in [-0.15, -0.1) is 0 Å². The van der Waals surface area contributed by atoms with Crippen LogP contribution in [0.1, 0.15) is 38.7 Å². The van der Waals surface area contributed by atoms with Gasteiger partial charge in [0.05, 0.1) is 6.54 Å². The predicted octanol–water partition coefficient (Wildman–Crippen LogP) is 3.43. The van der Waals surface area contributed by atoms with Gasteiger partial charge in [0, 0.05) is 5.41 Å². The summed E-state index contributed by atoms with van der Waals surface area (Å²) in [6, 6.07) is 10.7. The molecule has 0 fully saturated rings. The van der Waals surface area contributed by atoms with E-state index in [2.05, 4.69) is 54.3 Å². The van der Waals surface area contributed by atoms with Crippen LogP contribution in [0.4, 0.5) is 0 Å². The lowest BCUT2D eigenvalue weighted by Crippen LogP contribution is -2.28. The number of hydrogen-bond acceptors (Lipinski definition) is 2. The largest absolute Gasteiger partial charge is 0.252 e. The minimum atomic E-state index is 0.130. The second-order valence-electron chi connectivity index (χ2n) is 5.12. The highest BCUT2D eigenvalue weighted by Gasteiger charge is 2.26. The molecule has 0 radical (unpaired) electrons. The highest BCUT2D eigenvalue weighted by molar-refractivity contribution is 5.24.